The molecule has 0 aliphatic carbocycles. The Kier molecular flexibility index (Phi) is 5.43. The van der Waals surface area contributed by atoms with Gasteiger partial charge in [0, 0.05) is 18.5 Å². The zero-order valence-electron chi connectivity index (χ0n) is 16.0. The number of aromatic nitrogens is 1. The van der Waals surface area contributed by atoms with Crippen molar-refractivity contribution >= 4 is 16.9 Å². The minimum Gasteiger partial charge on any atom is -0.490 e. The van der Waals surface area contributed by atoms with E-state index in [9.17, 15) is 9.59 Å². The van der Waals surface area contributed by atoms with E-state index in [1.165, 1.54) is 30.7 Å². The molecule has 7 heteroatoms. The Hall–Kier alpha value is -4.13. The first-order chi connectivity index (χ1) is 14.7. The predicted octanol–water partition coefficient (Wildman–Crippen LogP) is 4.60. The van der Waals surface area contributed by atoms with Crippen molar-refractivity contribution in [2.45, 2.75) is 6.92 Å². The minimum absolute atomic E-state index is 0.0229. The zero-order chi connectivity index (χ0) is 20.9. The van der Waals surface area contributed by atoms with Gasteiger partial charge < -0.3 is 18.6 Å². The van der Waals surface area contributed by atoms with Crippen molar-refractivity contribution in [2.24, 2.45) is 0 Å². The van der Waals surface area contributed by atoms with Crippen LogP contribution in [-0.4, -0.2) is 17.6 Å². The van der Waals surface area contributed by atoms with Crippen LogP contribution in [-0.2, 0) is 0 Å². The van der Waals surface area contributed by atoms with Crippen molar-refractivity contribution < 1.29 is 23.4 Å². The molecule has 4 rings (SSSR count). The average Bonchev–Trinajstić information content (AvgIpc) is 2.78. The average molecular weight is 403 g/mol. The van der Waals surface area contributed by atoms with Crippen molar-refractivity contribution in [1.29, 1.82) is 0 Å². The third-order valence-electron chi connectivity index (χ3n) is 4.19. The van der Waals surface area contributed by atoms with Crippen LogP contribution in [0.3, 0.4) is 0 Å². The second-order valence-corrected chi connectivity index (χ2v) is 6.20. The molecule has 30 heavy (non-hydrogen) atoms. The third-order valence-corrected chi connectivity index (χ3v) is 4.19. The number of ether oxygens (including phenoxy) is 3. The highest BCUT2D eigenvalue weighted by Gasteiger charge is 2.14. The standard InChI is InChI=1S/C23H17NO6/c1-2-27-18-7-3-4-8-19(18)30-21-14-28-20-12-16(9-10-17(20)22(21)25)29-23(26)15-6-5-11-24-13-15/h3-14H,2H2,1H3. The van der Waals surface area contributed by atoms with Gasteiger partial charge in [-0.25, -0.2) is 4.79 Å². The van der Waals surface area contributed by atoms with E-state index >= 15 is 0 Å². The molecule has 0 N–H and O–H groups in total. The van der Waals surface area contributed by atoms with Crippen LogP contribution in [0.25, 0.3) is 11.0 Å². The first-order valence-electron chi connectivity index (χ1n) is 9.23. The van der Waals surface area contributed by atoms with Crippen LogP contribution < -0.4 is 19.6 Å². The Bertz CT molecular complexity index is 1250. The molecule has 0 bridgehead atoms. The number of esters is 1. The number of fused-ring (bicyclic) bond motifs is 1. The van der Waals surface area contributed by atoms with E-state index in [0.29, 0.717) is 29.1 Å². The fourth-order valence-corrected chi connectivity index (χ4v) is 2.80. The molecule has 0 amide bonds. The topological polar surface area (TPSA) is 87.9 Å². The van der Waals surface area contributed by atoms with Crippen molar-refractivity contribution in [2.75, 3.05) is 6.61 Å². The second kappa shape index (κ2) is 8.48. The van der Waals surface area contributed by atoms with Crippen LogP contribution in [0.5, 0.6) is 23.0 Å². The molecule has 0 saturated carbocycles. The molecule has 2 heterocycles. The van der Waals surface area contributed by atoms with Gasteiger partial charge in [0.05, 0.1) is 17.6 Å². The quantitative estimate of drug-likeness (QED) is 0.343. The molecule has 4 aromatic rings. The summed E-state index contributed by atoms with van der Waals surface area (Å²) in [5, 5.41) is 0.294. The Morgan fingerprint density at radius 2 is 1.87 bits per heavy atom. The van der Waals surface area contributed by atoms with Gasteiger partial charge in [-0.1, -0.05) is 12.1 Å². The van der Waals surface area contributed by atoms with Crippen LogP contribution in [0.2, 0.25) is 0 Å². The molecule has 7 nitrogen and oxygen atoms in total. The van der Waals surface area contributed by atoms with E-state index in [0.717, 1.165) is 0 Å². The van der Waals surface area contributed by atoms with Crippen LogP contribution in [0, 0.1) is 0 Å². The Morgan fingerprint density at radius 3 is 2.63 bits per heavy atom. The van der Waals surface area contributed by atoms with Gasteiger partial charge in [-0.2, -0.15) is 0 Å². The van der Waals surface area contributed by atoms with E-state index in [-0.39, 0.29) is 22.5 Å². The van der Waals surface area contributed by atoms with Crippen molar-refractivity contribution in [3.63, 3.8) is 0 Å². The number of benzene rings is 2. The van der Waals surface area contributed by atoms with Crippen LogP contribution in [0.4, 0.5) is 0 Å². The van der Waals surface area contributed by atoms with E-state index in [1.807, 2.05) is 13.0 Å². The molecular weight excluding hydrogens is 386 g/mol. The highest BCUT2D eigenvalue weighted by molar-refractivity contribution is 5.91. The number of hydrogen-bond donors (Lipinski definition) is 0. The monoisotopic (exact) mass is 403 g/mol. The molecule has 0 saturated heterocycles. The first kappa shape index (κ1) is 19.2. The highest BCUT2D eigenvalue weighted by Crippen LogP contribution is 2.31. The van der Waals surface area contributed by atoms with Crippen LogP contribution >= 0.6 is 0 Å². The maximum atomic E-state index is 12.8. The fraction of sp³-hybridized carbons (Fsp3) is 0.0870. The summed E-state index contributed by atoms with van der Waals surface area (Å²) in [7, 11) is 0. The number of carbonyl (C=O) groups excluding carboxylic acids is 1. The molecule has 2 aromatic carbocycles. The van der Waals surface area contributed by atoms with Gasteiger partial charge in [0.15, 0.2) is 11.5 Å². The maximum Gasteiger partial charge on any atom is 0.345 e. The van der Waals surface area contributed by atoms with Crippen molar-refractivity contribution in [3.8, 4) is 23.0 Å². The van der Waals surface area contributed by atoms with Gasteiger partial charge in [0.1, 0.15) is 17.6 Å². The van der Waals surface area contributed by atoms with Gasteiger partial charge in [-0.15, -0.1) is 0 Å². The molecule has 2 aromatic heterocycles. The zero-order valence-corrected chi connectivity index (χ0v) is 16.0. The number of pyridine rings is 1. The van der Waals surface area contributed by atoms with Crippen molar-refractivity contribution in [1.82, 2.24) is 4.98 Å². The van der Waals surface area contributed by atoms with E-state index in [4.69, 9.17) is 18.6 Å². The van der Waals surface area contributed by atoms with Crippen LogP contribution in [0.15, 0.2) is 82.5 Å². The highest BCUT2D eigenvalue weighted by atomic mass is 16.5. The molecule has 0 spiro atoms. The van der Waals surface area contributed by atoms with Crippen molar-refractivity contribution in [3.05, 3.63) is 89.0 Å². The number of nitrogens with zero attached hydrogens (tertiary/aromatic N) is 1. The fourth-order valence-electron chi connectivity index (χ4n) is 2.80. The lowest BCUT2D eigenvalue weighted by Crippen LogP contribution is -2.09. The summed E-state index contributed by atoms with van der Waals surface area (Å²) in [6, 6.07) is 14.8. The van der Waals surface area contributed by atoms with E-state index in [1.54, 1.807) is 36.5 Å². The van der Waals surface area contributed by atoms with Gasteiger partial charge in [-0.3, -0.25) is 9.78 Å². The summed E-state index contributed by atoms with van der Waals surface area (Å²) in [5.74, 6) is 0.645. The number of rotatable bonds is 6. The summed E-state index contributed by atoms with van der Waals surface area (Å²) >= 11 is 0. The number of para-hydroxylation sites is 2. The lowest BCUT2D eigenvalue weighted by Gasteiger charge is -2.11. The minimum atomic E-state index is -0.558. The van der Waals surface area contributed by atoms with Gasteiger partial charge >= 0.3 is 5.97 Å². The van der Waals surface area contributed by atoms with Crippen LogP contribution in [0.1, 0.15) is 17.3 Å². The molecule has 150 valence electrons. The molecular formula is C23H17NO6. The maximum absolute atomic E-state index is 12.8. The Labute approximate surface area is 171 Å². The Morgan fingerprint density at radius 1 is 1.03 bits per heavy atom. The summed E-state index contributed by atoms with van der Waals surface area (Å²) in [4.78, 5) is 28.9. The van der Waals surface area contributed by atoms with E-state index < -0.39 is 5.97 Å². The molecule has 0 aliphatic rings. The summed E-state index contributed by atoms with van der Waals surface area (Å²) in [6.45, 7) is 2.33. The molecule has 0 unspecified atom stereocenters. The normalized spacial score (nSPS) is 10.6. The Balaban J connectivity index is 1.60. The predicted molar refractivity (Wildman–Crippen MR) is 109 cm³/mol. The van der Waals surface area contributed by atoms with Gasteiger partial charge in [-0.05, 0) is 43.3 Å². The number of hydrogen-bond acceptors (Lipinski definition) is 7. The lowest BCUT2D eigenvalue weighted by atomic mass is 10.2. The number of carbonyl (C=O) groups is 1. The summed E-state index contributed by atoms with van der Waals surface area (Å²) in [5.41, 5.74) is 0.227. The molecule has 0 radical (unpaired) electrons. The molecule has 0 fully saturated rings. The summed E-state index contributed by atoms with van der Waals surface area (Å²) < 4.78 is 22.1. The second-order valence-electron chi connectivity index (χ2n) is 6.20. The summed E-state index contributed by atoms with van der Waals surface area (Å²) in [6.07, 6.45) is 4.20. The van der Waals surface area contributed by atoms with E-state index in [2.05, 4.69) is 4.98 Å². The lowest BCUT2D eigenvalue weighted by molar-refractivity contribution is 0.0734. The molecule has 0 atom stereocenters. The first-order valence-corrected chi connectivity index (χ1v) is 9.23. The largest absolute Gasteiger partial charge is 0.490 e. The van der Waals surface area contributed by atoms with Gasteiger partial charge in [0.2, 0.25) is 11.2 Å². The SMILES string of the molecule is CCOc1ccccc1Oc1coc2cc(OC(=O)c3cccnc3)ccc2c1=O. The smallest absolute Gasteiger partial charge is 0.345 e. The third kappa shape index (κ3) is 4.00. The van der Waals surface area contributed by atoms with Gasteiger partial charge in [0.25, 0.3) is 0 Å². The molecule has 0 aliphatic heterocycles.